The number of ether oxygens (including phenoxy) is 1. The number of carbonyl (C=O) groups excluding carboxylic acids is 1. The summed E-state index contributed by atoms with van der Waals surface area (Å²) >= 11 is 5.77. The van der Waals surface area contributed by atoms with Crippen LogP contribution in [0.5, 0.6) is 5.75 Å². The summed E-state index contributed by atoms with van der Waals surface area (Å²) in [6, 6.07) is 4.07. The molecule has 1 aromatic heterocycles. The van der Waals surface area contributed by atoms with E-state index in [9.17, 15) is 14.9 Å². The van der Waals surface area contributed by atoms with E-state index in [2.05, 4.69) is 10.4 Å². The minimum absolute atomic E-state index is 0.161. The Hall–Kier alpha value is -2.61. The molecule has 0 spiro atoms. The van der Waals surface area contributed by atoms with Crippen LogP contribution in [0.3, 0.4) is 0 Å². The molecule has 1 amide bonds. The highest BCUT2D eigenvalue weighted by atomic mass is 35.5. The number of benzene rings is 1. The van der Waals surface area contributed by atoms with E-state index in [1.54, 1.807) is 17.8 Å². The van der Waals surface area contributed by atoms with Crippen molar-refractivity contribution in [3.63, 3.8) is 0 Å². The van der Waals surface area contributed by atoms with Crippen molar-refractivity contribution in [1.82, 2.24) is 9.78 Å². The Morgan fingerprint density at radius 3 is 2.83 bits per heavy atom. The average Bonchev–Trinajstić information content (AvgIpc) is 2.91. The summed E-state index contributed by atoms with van der Waals surface area (Å²) in [5.41, 5.74) is 0.137. The van der Waals surface area contributed by atoms with Crippen molar-refractivity contribution in [2.24, 2.45) is 5.92 Å². The van der Waals surface area contributed by atoms with Crippen LogP contribution in [0.15, 0.2) is 30.6 Å². The fraction of sp³-hybridized carbons (Fsp3) is 0.286. The van der Waals surface area contributed by atoms with E-state index in [-0.39, 0.29) is 11.6 Å². The Morgan fingerprint density at radius 1 is 1.52 bits per heavy atom. The number of aromatic nitrogens is 2. The zero-order valence-corrected chi connectivity index (χ0v) is 13.3. The smallest absolute Gasteiger partial charge is 0.275 e. The summed E-state index contributed by atoms with van der Waals surface area (Å²) in [6.07, 6.45) is 3.10. The van der Waals surface area contributed by atoms with E-state index in [1.807, 2.05) is 0 Å². The number of carbonyl (C=O) groups is 1. The summed E-state index contributed by atoms with van der Waals surface area (Å²) in [6.45, 7) is 2.06. The number of nitro benzene ring substituents is 1. The van der Waals surface area contributed by atoms with Crippen LogP contribution in [0.1, 0.15) is 6.92 Å². The third-order valence-corrected chi connectivity index (χ3v) is 3.31. The number of nitrogens with zero attached hydrogens (tertiary/aromatic N) is 3. The molecular weight excluding hydrogens is 324 g/mol. The van der Waals surface area contributed by atoms with Gasteiger partial charge in [-0.1, -0.05) is 18.5 Å². The highest BCUT2D eigenvalue weighted by Gasteiger charge is 2.17. The van der Waals surface area contributed by atoms with Gasteiger partial charge in [-0.15, -0.1) is 0 Å². The highest BCUT2D eigenvalue weighted by Crippen LogP contribution is 2.26. The van der Waals surface area contributed by atoms with Gasteiger partial charge in [-0.25, -0.2) is 0 Å². The standard InChI is InChI=1S/C14H15ClN4O4/c1-9(7-18-8-10(15)6-16-18)14(20)17-11-3-12(19(21)22)5-13(4-11)23-2/h3-6,8-9H,7H2,1-2H3,(H,17,20). The molecule has 23 heavy (non-hydrogen) atoms. The number of non-ortho nitro benzene ring substituents is 1. The summed E-state index contributed by atoms with van der Waals surface area (Å²) < 4.78 is 6.56. The maximum atomic E-state index is 12.2. The molecule has 1 unspecified atom stereocenters. The van der Waals surface area contributed by atoms with E-state index >= 15 is 0 Å². The van der Waals surface area contributed by atoms with E-state index < -0.39 is 10.8 Å². The Bertz CT molecular complexity index is 731. The summed E-state index contributed by atoms with van der Waals surface area (Å²) in [5.74, 6) is -0.406. The normalized spacial score (nSPS) is 11.8. The molecule has 1 N–H and O–H groups in total. The van der Waals surface area contributed by atoms with Gasteiger partial charge >= 0.3 is 0 Å². The lowest BCUT2D eigenvalue weighted by Crippen LogP contribution is -2.24. The van der Waals surface area contributed by atoms with Crippen LogP contribution in [0.4, 0.5) is 11.4 Å². The van der Waals surface area contributed by atoms with Crippen molar-refractivity contribution in [1.29, 1.82) is 0 Å². The minimum atomic E-state index is -0.548. The van der Waals surface area contributed by atoms with Gasteiger partial charge in [-0.2, -0.15) is 5.10 Å². The fourth-order valence-corrected chi connectivity index (χ4v) is 2.10. The molecule has 0 radical (unpaired) electrons. The molecule has 2 rings (SSSR count). The first-order valence-electron chi connectivity index (χ1n) is 6.71. The van der Waals surface area contributed by atoms with Gasteiger partial charge in [-0.3, -0.25) is 19.6 Å². The molecule has 1 atom stereocenters. The van der Waals surface area contributed by atoms with Crippen LogP contribution in [-0.4, -0.2) is 27.7 Å². The van der Waals surface area contributed by atoms with Crippen LogP contribution in [0, 0.1) is 16.0 Å². The largest absolute Gasteiger partial charge is 0.496 e. The minimum Gasteiger partial charge on any atom is -0.496 e. The number of nitro groups is 1. The number of hydrogen-bond acceptors (Lipinski definition) is 5. The zero-order chi connectivity index (χ0) is 17.0. The number of nitrogens with one attached hydrogen (secondary N) is 1. The maximum Gasteiger partial charge on any atom is 0.275 e. The van der Waals surface area contributed by atoms with E-state index in [1.165, 1.54) is 31.5 Å². The summed E-state index contributed by atoms with van der Waals surface area (Å²) in [4.78, 5) is 22.6. The summed E-state index contributed by atoms with van der Waals surface area (Å²) in [7, 11) is 1.40. The van der Waals surface area contributed by atoms with Crippen molar-refractivity contribution in [2.75, 3.05) is 12.4 Å². The predicted molar refractivity (Wildman–Crippen MR) is 84.7 cm³/mol. The predicted octanol–water partition coefficient (Wildman–Crippen LogP) is 2.73. The third-order valence-electron chi connectivity index (χ3n) is 3.12. The van der Waals surface area contributed by atoms with Crippen LogP contribution < -0.4 is 10.1 Å². The van der Waals surface area contributed by atoms with Gasteiger partial charge in [0.25, 0.3) is 5.69 Å². The number of methoxy groups -OCH3 is 1. The fourth-order valence-electron chi connectivity index (χ4n) is 1.95. The molecule has 0 aliphatic carbocycles. The van der Waals surface area contributed by atoms with Crippen molar-refractivity contribution in [3.8, 4) is 5.75 Å². The van der Waals surface area contributed by atoms with Gasteiger partial charge in [0.05, 0.1) is 47.5 Å². The Morgan fingerprint density at radius 2 is 2.26 bits per heavy atom. The molecule has 8 nitrogen and oxygen atoms in total. The lowest BCUT2D eigenvalue weighted by atomic mass is 10.1. The second kappa shape index (κ2) is 7.10. The summed E-state index contributed by atoms with van der Waals surface area (Å²) in [5, 5.41) is 18.0. The van der Waals surface area contributed by atoms with Gasteiger partial charge < -0.3 is 10.1 Å². The molecule has 0 aliphatic rings. The quantitative estimate of drug-likeness (QED) is 0.644. The van der Waals surface area contributed by atoms with Gasteiger partial charge in [0.2, 0.25) is 5.91 Å². The van der Waals surface area contributed by atoms with Crippen LogP contribution in [-0.2, 0) is 11.3 Å². The molecule has 1 heterocycles. The molecule has 0 bridgehead atoms. The van der Waals surface area contributed by atoms with Gasteiger partial charge in [0.1, 0.15) is 5.75 Å². The number of halogens is 1. The number of hydrogen-bond donors (Lipinski definition) is 1. The highest BCUT2D eigenvalue weighted by molar-refractivity contribution is 6.30. The van der Waals surface area contributed by atoms with Crippen molar-refractivity contribution >= 4 is 28.9 Å². The molecule has 1 aromatic carbocycles. The maximum absolute atomic E-state index is 12.2. The van der Waals surface area contributed by atoms with Crippen LogP contribution >= 0.6 is 11.6 Å². The van der Waals surface area contributed by atoms with Gasteiger partial charge in [-0.05, 0) is 0 Å². The first-order chi connectivity index (χ1) is 10.9. The molecule has 0 aliphatic heterocycles. The molecule has 2 aromatic rings. The monoisotopic (exact) mass is 338 g/mol. The van der Waals surface area contributed by atoms with E-state index in [0.29, 0.717) is 23.0 Å². The molecule has 0 saturated heterocycles. The third kappa shape index (κ3) is 4.43. The molecule has 0 fully saturated rings. The van der Waals surface area contributed by atoms with Crippen molar-refractivity contribution < 1.29 is 14.5 Å². The zero-order valence-electron chi connectivity index (χ0n) is 12.5. The molecule has 0 saturated carbocycles. The first-order valence-corrected chi connectivity index (χ1v) is 7.09. The Kier molecular flexibility index (Phi) is 5.17. The second-order valence-corrected chi connectivity index (χ2v) is 5.38. The van der Waals surface area contributed by atoms with Crippen molar-refractivity contribution in [2.45, 2.75) is 13.5 Å². The van der Waals surface area contributed by atoms with Crippen LogP contribution in [0.2, 0.25) is 5.02 Å². The van der Waals surface area contributed by atoms with Crippen molar-refractivity contribution in [3.05, 3.63) is 45.7 Å². The van der Waals surface area contributed by atoms with E-state index in [0.717, 1.165) is 0 Å². The van der Waals surface area contributed by atoms with Gasteiger partial charge in [0, 0.05) is 18.3 Å². The Labute approximate surface area is 137 Å². The SMILES string of the molecule is COc1cc(NC(=O)C(C)Cn2cc(Cl)cn2)cc([N+](=O)[O-])c1. The first kappa shape index (κ1) is 16.8. The second-order valence-electron chi connectivity index (χ2n) is 4.95. The van der Waals surface area contributed by atoms with E-state index in [4.69, 9.17) is 16.3 Å². The molecule has 9 heteroatoms. The topological polar surface area (TPSA) is 99.3 Å². The number of amides is 1. The lowest BCUT2D eigenvalue weighted by molar-refractivity contribution is -0.384. The Balaban J connectivity index is 2.09. The lowest BCUT2D eigenvalue weighted by Gasteiger charge is -2.13. The number of rotatable bonds is 6. The number of anilines is 1. The van der Waals surface area contributed by atoms with Crippen LogP contribution in [0.25, 0.3) is 0 Å². The molecular formula is C14H15ClN4O4. The molecule has 122 valence electrons. The average molecular weight is 339 g/mol. The van der Waals surface area contributed by atoms with Gasteiger partial charge in [0.15, 0.2) is 0 Å².